The second-order valence-electron chi connectivity index (χ2n) is 4.66. The van der Waals surface area contributed by atoms with Crippen LogP contribution in [0.15, 0.2) is 18.2 Å². The molecule has 18 heavy (non-hydrogen) atoms. The van der Waals surface area contributed by atoms with Crippen LogP contribution >= 0.6 is 0 Å². The van der Waals surface area contributed by atoms with E-state index in [4.69, 9.17) is 0 Å². The number of hydrogen-bond acceptors (Lipinski definition) is 1. The van der Waals surface area contributed by atoms with Gasteiger partial charge in [-0.1, -0.05) is 13.8 Å². The molecule has 1 aromatic rings. The summed E-state index contributed by atoms with van der Waals surface area (Å²) in [6, 6.07) is 2.97. The summed E-state index contributed by atoms with van der Waals surface area (Å²) in [5.41, 5.74) is -0.927. The summed E-state index contributed by atoms with van der Waals surface area (Å²) in [5.74, 6) is -0.680. The lowest BCUT2D eigenvalue weighted by Gasteiger charge is -2.12. The van der Waals surface area contributed by atoms with E-state index in [2.05, 4.69) is 19.2 Å². The van der Waals surface area contributed by atoms with Crippen LogP contribution < -0.4 is 5.32 Å². The standard InChI is InChI=1S/C13H17F4N/c1-9(2)4-3-7-18-10-5-6-12(14)11(8-10)13(15,16)17/h5-6,8-9,18H,3-4,7H2,1-2H3. The molecule has 1 rings (SSSR count). The van der Waals surface area contributed by atoms with Crippen molar-refractivity contribution in [2.45, 2.75) is 32.9 Å². The SMILES string of the molecule is CC(C)CCCNc1ccc(F)c(C(F)(F)F)c1. The van der Waals surface area contributed by atoms with Crippen LogP contribution in [-0.4, -0.2) is 6.54 Å². The average molecular weight is 263 g/mol. The maximum atomic E-state index is 13.0. The second-order valence-corrected chi connectivity index (χ2v) is 4.66. The molecule has 0 radical (unpaired) electrons. The normalized spacial score (nSPS) is 11.9. The number of anilines is 1. The molecule has 0 bridgehead atoms. The summed E-state index contributed by atoms with van der Waals surface area (Å²) in [7, 11) is 0. The van der Waals surface area contributed by atoms with Crippen LogP contribution in [0.25, 0.3) is 0 Å². The van der Waals surface area contributed by atoms with E-state index < -0.39 is 17.6 Å². The predicted octanol–water partition coefficient (Wildman–Crippen LogP) is 4.69. The van der Waals surface area contributed by atoms with Gasteiger partial charge in [0.05, 0.1) is 5.56 Å². The van der Waals surface area contributed by atoms with Gasteiger partial charge < -0.3 is 5.32 Å². The lowest BCUT2D eigenvalue weighted by atomic mass is 10.1. The van der Waals surface area contributed by atoms with Crippen molar-refractivity contribution in [1.29, 1.82) is 0 Å². The van der Waals surface area contributed by atoms with E-state index in [1.165, 1.54) is 6.07 Å². The Labute approximate surface area is 104 Å². The molecule has 1 aromatic carbocycles. The van der Waals surface area contributed by atoms with Crippen molar-refractivity contribution >= 4 is 5.69 Å². The van der Waals surface area contributed by atoms with Gasteiger partial charge in [-0.15, -0.1) is 0 Å². The molecule has 102 valence electrons. The molecule has 0 aromatic heterocycles. The molecule has 0 aliphatic rings. The van der Waals surface area contributed by atoms with Crippen molar-refractivity contribution in [3.63, 3.8) is 0 Å². The van der Waals surface area contributed by atoms with Crippen molar-refractivity contribution < 1.29 is 17.6 Å². The van der Waals surface area contributed by atoms with Crippen LogP contribution in [0.3, 0.4) is 0 Å². The first-order chi connectivity index (χ1) is 8.30. The zero-order chi connectivity index (χ0) is 13.8. The predicted molar refractivity (Wildman–Crippen MR) is 64.0 cm³/mol. The van der Waals surface area contributed by atoms with Crippen molar-refractivity contribution in [2.24, 2.45) is 5.92 Å². The molecular weight excluding hydrogens is 246 g/mol. The molecule has 0 aliphatic heterocycles. The maximum Gasteiger partial charge on any atom is 0.419 e. The minimum absolute atomic E-state index is 0.299. The zero-order valence-corrected chi connectivity index (χ0v) is 10.4. The smallest absolute Gasteiger partial charge is 0.385 e. The summed E-state index contributed by atoms with van der Waals surface area (Å²) >= 11 is 0. The molecule has 0 atom stereocenters. The van der Waals surface area contributed by atoms with Crippen molar-refractivity contribution in [3.8, 4) is 0 Å². The van der Waals surface area contributed by atoms with Crippen molar-refractivity contribution in [1.82, 2.24) is 0 Å². The quantitative estimate of drug-likeness (QED) is 0.600. The van der Waals surface area contributed by atoms with Gasteiger partial charge in [-0.25, -0.2) is 4.39 Å². The number of rotatable bonds is 5. The number of benzene rings is 1. The first-order valence-corrected chi connectivity index (χ1v) is 5.91. The Balaban J connectivity index is 2.63. The monoisotopic (exact) mass is 263 g/mol. The Kier molecular flexibility index (Phi) is 4.99. The zero-order valence-electron chi connectivity index (χ0n) is 10.4. The highest BCUT2D eigenvalue weighted by atomic mass is 19.4. The highest BCUT2D eigenvalue weighted by Gasteiger charge is 2.34. The highest BCUT2D eigenvalue weighted by molar-refractivity contribution is 5.47. The molecule has 0 heterocycles. The van der Waals surface area contributed by atoms with Gasteiger partial charge in [0, 0.05) is 12.2 Å². The third-order valence-electron chi connectivity index (χ3n) is 2.56. The summed E-state index contributed by atoms with van der Waals surface area (Å²) in [5, 5.41) is 2.87. The summed E-state index contributed by atoms with van der Waals surface area (Å²) < 4.78 is 50.4. The van der Waals surface area contributed by atoms with E-state index in [9.17, 15) is 17.6 Å². The van der Waals surface area contributed by atoms with E-state index in [0.717, 1.165) is 25.0 Å². The van der Waals surface area contributed by atoms with Gasteiger partial charge in [0.25, 0.3) is 0 Å². The van der Waals surface area contributed by atoms with Crippen LogP contribution in [-0.2, 0) is 6.18 Å². The van der Waals surface area contributed by atoms with E-state index in [1.54, 1.807) is 0 Å². The fourth-order valence-corrected chi connectivity index (χ4v) is 1.60. The van der Waals surface area contributed by atoms with Crippen LogP contribution in [0.1, 0.15) is 32.3 Å². The Hall–Kier alpha value is -1.26. The molecular formula is C13H17F4N. The highest BCUT2D eigenvalue weighted by Crippen LogP contribution is 2.32. The first kappa shape index (κ1) is 14.8. The molecule has 0 amide bonds. The van der Waals surface area contributed by atoms with Gasteiger partial charge in [0.1, 0.15) is 5.82 Å². The van der Waals surface area contributed by atoms with Gasteiger partial charge in [-0.05, 0) is 37.0 Å². The molecule has 0 saturated carbocycles. The van der Waals surface area contributed by atoms with Crippen LogP contribution in [0.4, 0.5) is 23.2 Å². The van der Waals surface area contributed by atoms with E-state index in [0.29, 0.717) is 18.2 Å². The molecule has 1 N–H and O–H groups in total. The molecule has 0 spiro atoms. The molecule has 1 nitrogen and oxygen atoms in total. The van der Waals surface area contributed by atoms with Gasteiger partial charge >= 0.3 is 6.18 Å². The molecule has 0 unspecified atom stereocenters. The van der Waals surface area contributed by atoms with E-state index in [-0.39, 0.29) is 0 Å². The fraction of sp³-hybridized carbons (Fsp3) is 0.538. The number of halogens is 4. The molecule has 5 heteroatoms. The lowest BCUT2D eigenvalue weighted by molar-refractivity contribution is -0.139. The largest absolute Gasteiger partial charge is 0.419 e. The Morgan fingerprint density at radius 2 is 1.89 bits per heavy atom. The average Bonchev–Trinajstić information content (AvgIpc) is 2.24. The fourth-order valence-electron chi connectivity index (χ4n) is 1.60. The Morgan fingerprint density at radius 1 is 1.22 bits per heavy atom. The lowest BCUT2D eigenvalue weighted by Crippen LogP contribution is -2.10. The minimum atomic E-state index is -4.65. The second kappa shape index (κ2) is 6.07. The van der Waals surface area contributed by atoms with Crippen molar-refractivity contribution in [3.05, 3.63) is 29.6 Å². The van der Waals surface area contributed by atoms with Crippen LogP contribution in [0.5, 0.6) is 0 Å². The Bertz CT molecular complexity index is 385. The molecule has 0 saturated heterocycles. The number of alkyl halides is 3. The van der Waals surface area contributed by atoms with E-state index >= 15 is 0 Å². The minimum Gasteiger partial charge on any atom is -0.385 e. The first-order valence-electron chi connectivity index (χ1n) is 5.91. The maximum absolute atomic E-state index is 13.0. The van der Waals surface area contributed by atoms with Crippen molar-refractivity contribution in [2.75, 3.05) is 11.9 Å². The summed E-state index contributed by atoms with van der Waals surface area (Å²) in [4.78, 5) is 0. The Morgan fingerprint density at radius 3 is 2.44 bits per heavy atom. The van der Waals surface area contributed by atoms with Gasteiger partial charge in [-0.3, -0.25) is 0 Å². The number of hydrogen-bond donors (Lipinski definition) is 1. The topological polar surface area (TPSA) is 12.0 Å². The van der Waals surface area contributed by atoms with Crippen LogP contribution in [0.2, 0.25) is 0 Å². The van der Waals surface area contributed by atoms with Gasteiger partial charge in [0.2, 0.25) is 0 Å². The molecule has 0 fully saturated rings. The van der Waals surface area contributed by atoms with Gasteiger partial charge in [-0.2, -0.15) is 13.2 Å². The van der Waals surface area contributed by atoms with E-state index in [1.807, 2.05) is 0 Å². The third-order valence-corrected chi connectivity index (χ3v) is 2.56. The summed E-state index contributed by atoms with van der Waals surface area (Å²) in [6.45, 7) is 4.75. The van der Waals surface area contributed by atoms with Gasteiger partial charge in [0.15, 0.2) is 0 Å². The third kappa shape index (κ3) is 4.55. The summed E-state index contributed by atoms with van der Waals surface area (Å²) in [6.07, 6.45) is -2.78. The number of nitrogens with one attached hydrogen (secondary N) is 1. The molecule has 0 aliphatic carbocycles. The van der Waals surface area contributed by atoms with Crippen LogP contribution in [0, 0.1) is 11.7 Å².